The summed E-state index contributed by atoms with van der Waals surface area (Å²) in [5.74, 6) is 0. The topological polar surface area (TPSA) is 37.0 Å². The molecule has 0 bridgehead atoms. The van der Waals surface area contributed by atoms with E-state index in [1.165, 1.54) is 0 Å². The molecule has 0 unspecified atom stereocenters. The largest absolute Gasteiger partial charge is 0.284 e. The van der Waals surface area contributed by atoms with E-state index in [0.717, 1.165) is 21.3 Å². The molecule has 2 aromatic heterocycles. The molecule has 0 amide bonds. The third-order valence-corrected chi connectivity index (χ3v) is 1.76. The van der Waals surface area contributed by atoms with Gasteiger partial charge < -0.3 is 0 Å². The Morgan fingerprint density at radius 2 is 2.33 bits per heavy atom. The molecule has 1 N–H and O–H groups in total. The van der Waals surface area contributed by atoms with Crippen molar-refractivity contribution < 1.29 is 9.94 Å². The molecular formula is C9H9N2O+. The minimum absolute atomic E-state index is 0.734. The van der Waals surface area contributed by atoms with Gasteiger partial charge in [-0.3, -0.25) is 5.21 Å². The zero-order valence-corrected chi connectivity index (χ0v) is 6.73. The molecule has 0 fully saturated rings. The second-order valence-corrected chi connectivity index (χ2v) is 2.77. The minimum Gasteiger partial charge on any atom is -0.284 e. The maximum atomic E-state index is 9.37. The van der Waals surface area contributed by atoms with E-state index < -0.39 is 0 Å². The number of rotatable bonds is 0. The second-order valence-electron chi connectivity index (χ2n) is 2.77. The highest BCUT2D eigenvalue weighted by atomic mass is 16.5. The number of nitrogens with zero attached hydrogens (tertiary/aromatic N) is 2. The van der Waals surface area contributed by atoms with E-state index in [1.54, 1.807) is 18.5 Å². The average molecular weight is 161 g/mol. The van der Waals surface area contributed by atoms with Crippen LogP contribution in [0.2, 0.25) is 0 Å². The van der Waals surface area contributed by atoms with Crippen LogP contribution in [0.15, 0.2) is 30.6 Å². The highest BCUT2D eigenvalue weighted by Gasteiger charge is 2.06. The molecule has 2 rings (SSSR count). The molecule has 0 aliphatic heterocycles. The molecule has 0 saturated carbocycles. The smallest absolute Gasteiger partial charge is 0.282 e. The van der Waals surface area contributed by atoms with Crippen molar-refractivity contribution >= 4 is 11.0 Å². The van der Waals surface area contributed by atoms with Crippen LogP contribution in [0.3, 0.4) is 0 Å². The lowest BCUT2D eigenvalue weighted by atomic mass is 10.2. The first-order chi connectivity index (χ1) is 5.77. The Morgan fingerprint density at radius 1 is 1.50 bits per heavy atom. The van der Waals surface area contributed by atoms with Crippen LogP contribution >= 0.6 is 0 Å². The van der Waals surface area contributed by atoms with E-state index in [-0.39, 0.29) is 0 Å². The molecule has 0 radical (unpaired) electrons. The normalized spacial score (nSPS) is 10.4. The van der Waals surface area contributed by atoms with Gasteiger partial charge in [0.05, 0.1) is 0 Å². The van der Waals surface area contributed by atoms with Crippen molar-refractivity contribution in [3.05, 3.63) is 36.2 Å². The number of hydrogen-bond donors (Lipinski definition) is 1. The van der Waals surface area contributed by atoms with Crippen molar-refractivity contribution in [2.45, 2.75) is 6.92 Å². The fourth-order valence-corrected chi connectivity index (χ4v) is 1.17. The summed E-state index contributed by atoms with van der Waals surface area (Å²) in [5, 5.41) is 9.37. The average Bonchev–Trinajstić information content (AvgIpc) is 2.07. The molecule has 0 spiro atoms. The van der Waals surface area contributed by atoms with Gasteiger partial charge in [-0.1, -0.05) is 0 Å². The maximum Gasteiger partial charge on any atom is 0.282 e. The standard InChI is InChI=1S/C9H9N2O/c1-7-5-9-8(10-6-7)3-2-4-11(9)12/h2-6,12H,1H3/q+1. The van der Waals surface area contributed by atoms with Gasteiger partial charge in [-0.15, -0.1) is 0 Å². The summed E-state index contributed by atoms with van der Waals surface area (Å²) in [6.07, 6.45) is 3.37. The van der Waals surface area contributed by atoms with Gasteiger partial charge in [0.2, 0.25) is 6.20 Å². The first-order valence-electron chi connectivity index (χ1n) is 3.73. The summed E-state index contributed by atoms with van der Waals surface area (Å²) < 4.78 is 1.08. The SMILES string of the molecule is Cc1cnc2ccc[n+](O)c2c1. The summed E-state index contributed by atoms with van der Waals surface area (Å²) >= 11 is 0. The van der Waals surface area contributed by atoms with Crippen molar-refractivity contribution in [2.24, 2.45) is 0 Å². The monoisotopic (exact) mass is 161 g/mol. The van der Waals surface area contributed by atoms with Crippen LogP contribution in [0.5, 0.6) is 0 Å². The Labute approximate surface area is 69.9 Å². The number of aromatic nitrogens is 2. The molecular weight excluding hydrogens is 152 g/mol. The molecule has 3 nitrogen and oxygen atoms in total. The summed E-state index contributed by atoms with van der Waals surface area (Å²) in [6, 6.07) is 5.51. The van der Waals surface area contributed by atoms with Gasteiger partial charge in [-0.2, -0.15) is 0 Å². The molecule has 0 aliphatic rings. The fourth-order valence-electron chi connectivity index (χ4n) is 1.17. The first kappa shape index (κ1) is 7.03. The summed E-state index contributed by atoms with van der Waals surface area (Å²) in [4.78, 5) is 4.16. The van der Waals surface area contributed by atoms with E-state index in [2.05, 4.69) is 4.98 Å². The van der Waals surface area contributed by atoms with E-state index in [4.69, 9.17) is 0 Å². The molecule has 0 aliphatic carbocycles. The van der Waals surface area contributed by atoms with Crippen molar-refractivity contribution in [2.75, 3.05) is 0 Å². The van der Waals surface area contributed by atoms with Gasteiger partial charge in [0.25, 0.3) is 5.52 Å². The molecule has 2 aromatic rings. The highest BCUT2D eigenvalue weighted by Crippen LogP contribution is 2.06. The Balaban J connectivity index is 2.88. The summed E-state index contributed by atoms with van der Waals surface area (Å²) in [6.45, 7) is 1.94. The second kappa shape index (κ2) is 2.44. The summed E-state index contributed by atoms with van der Waals surface area (Å²) in [5.41, 5.74) is 2.57. The molecule has 0 saturated heterocycles. The minimum atomic E-state index is 0.734. The third kappa shape index (κ3) is 0.993. The predicted octanol–water partition coefficient (Wildman–Crippen LogP) is 1.07. The van der Waals surface area contributed by atoms with Gasteiger partial charge in [0.15, 0.2) is 0 Å². The van der Waals surface area contributed by atoms with Crippen LogP contribution in [0.25, 0.3) is 11.0 Å². The molecule has 0 aromatic carbocycles. The van der Waals surface area contributed by atoms with Crippen LogP contribution in [0.1, 0.15) is 5.56 Å². The van der Waals surface area contributed by atoms with Crippen LogP contribution < -0.4 is 4.73 Å². The van der Waals surface area contributed by atoms with Crippen molar-refractivity contribution in [3.63, 3.8) is 0 Å². The van der Waals surface area contributed by atoms with E-state index in [0.29, 0.717) is 0 Å². The molecule has 3 heteroatoms. The number of pyridine rings is 2. The number of aryl methyl sites for hydroxylation is 1. The Morgan fingerprint density at radius 3 is 3.17 bits per heavy atom. The highest BCUT2D eigenvalue weighted by molar-refractivity contribution is 5.70. The van der Waals surface area contributed by atoms with Crippen LogP contribution in [-0.2, 0) is 0 Å². The van der Waals surface area contributed by atoms with E-state index in [9.17, 15) is 5.21 Å². The van der Waals surface area contributed by atoms with Gasteiger partial charge in [-0.05, 0) is 18.6 Å². The Kier molecular flexibility index (Phi) is 1.43. The molecule has 12 heavy (non-hydrogen) atoms. The third-order valence-electron chi connectivity index (χ3n) is 1.76. The molecule has 60 valence electrons. The predicted molar refractivity (Wildman–Crippen MR) is 43.9 cm³/mol. The zero-order chi connectivity index (χ0) is 8.55. The maximum absolute atomic E-state index is 9.37. The lowest BCUT2D eigenvalue weighted by Gasteiger charge is -1.93. The number of hydrogen-bond acceptors (Lipinski definition) is 2. The van der Waals surface area contributed by atoms with Crippen molar-refractivity contribution in [3.8, 4) is 0 Å². The van der Waals surface area contributed by atoms with Gasteiger partial charge in [-0.25, -0.2) is 4.98 Å². The van der Waals surface area contributed by atoms with Crippen molar-refractivity contribution in [1.29, 1.82) is 0 Å². The first-order valence-corrected chi connectivity index (χ1v) is 3.73. The van der Waals surface area contributed by atoms with Gasteiger partial charge >= 0.3 is 0 Å². The molecule has 2 heterocycles. The van der Waals surface area contributed by atoms with Crippen LogP contribution in [-0.4, -0.2) is 10.2 Å². The van der Waals surface area contributed by atoms with Gasteiger partial charge in [0.1, 0.15) is 5.52 Å². The van der Waals surface area contributed by atoms with Crippen molar-refractivity contribution in [1.82, 2.24) is 4.98 Å². The fraction of sp³-hybridized carbons (Fsp3) is 0.111. The lowest BCUT2D eigenvalue weighted by Crippen LogP contribution is -2.30. The Hall–Kier alpha value is -1.64. The molecule has 0 atom stereocenters. The van der Waals surface area contributed by atoms with E-state index >= 15 is 0 Å². The number of fused-ring (bicyclic) bond motifs is 1. The van der Waals surface area contributed by atoms with Gasteiger partial charge in [0, 0.05) is 23.1 Å². The quantitative estimate of drug-likeness (QED) is 0.463. The van der Waals surface area contributed by atoms with Crippen LogP contribution in [0.4, 0.5) is 0 Å². The van der Waals surface area contributed by atoms with Crippen LogP contribution in [0, 0.1) is 6.92 Å². The van der Waals surface area contributed by atoms with E-state index in [1.807, 2.05) is 19.1 Å². The zero-order valence-electron chi connectivity index (χ0n) is 6.73. The Bertz CT molecular complexity index is 426. The summed E-state index contributed by atoms with van der Waals surface area (Å²) in [7, 11) is 0. The lowest BCUT2D eigenvalue weighted by molar-refractivity contribution is -0.884.